The molecule has 0 aliphatic heterocycles. The summed E-state index contributed by atoms with van der Waals surface area (Å²) in [5.41, 5.74) is 2.98. The van der Waals surface area contributed by atoms with Crippen LogP contribution < -0.4 is 24.3 Å². The predicted molar refractivity (Wildman–Crippen MR) is 109 cm³/mol. The maximum atomic E-state index is 12.7. The summed E-state index contributed by atoms with van der Waals surface area (Å²) >= 11 is 0. The van der Waals surface area contributed by atoms with Gasteiger partial charge in [0.05, 0.1) is 21.3 Å². The number of nitrogens with one attached hydrogen (secondary N) is 1. The van der Waals surface area contributed by atoms with Gasteiger partial charge in [0.1, 0.15) is 5.75 Å². The molecule has 0 aromatic heterocycles. The van der Waals surface area contributed by atoms with E-state index in [9.17, 15) is 4.79 Å². The Morgan fingerprint density at radius 3 is 2.14 bits per heavy atom. The molecule has 0 aliphatic carbocycles. The minimum absolute atomic E-state index is 0.182. The maximum absolute atomic E-state index is 12.7. The summed E-state index contributed by atoms with van der Waals surface area (Å²) in [6.07, 6.45) is -0.0191. The van der Waals surface area contributed by atoms with Crippen molar-refractivity contribution in [3.05, 3.63) is 47.0 Å². The number of ether oxygens (including phenoxy) is 4. The van der Waals surface area contributed by atoms with Crippen molar-refractivity contribution in [3.63, 3.8) is 0 Å². The highest BCUT2D eigenvalue weighted by Gasteiger charge is 2.21. The second-order valence-corrected chi connectivity index (χ2v) is 6.55. The normalized spacial score (nSPS) is 11.5. The van der Waals surface area contributed by atoms with Crippen molar-refractivity contribution in [2.45, 2.75) is 39.8 Å². The van der Waals surface area contributed by atoms with Crippen LogP contribution in [-0.4, -0.2) is 33.3 Å². The second-order valence-electron chi connectivity index (χ2n) is 6.55. The van der Waals surface area contributed by atoms with Crippen molar-refractivity contribution in [1.82, 2.24) is 5.32 Å². The molecule has 6 heteroatoms. The molecule has 2 rings (SSSR count). The fraction of sp³-hybridized carbons (Fsp3) is 0.409. The van der Waals surface area contributed by atoms with Gasteiger partial charge in [0.2, 0.25) is 5.75 Å². The third-order valence-electron chi connectivity index (χ3n) is 4.38. The fourth-order valence-electron chi connectivity index (χ4n) is 3.09. The monoisotopic (exact) mass is 387 g/mol. The zero-order valence-electron chi connectivity index (χ0n) is 17.4. The van der Waals surface area contributed by atoms with E-state index in [1.165, 1.54) is 0 Å². The number of methoxy groups -OCH3 is 3. The minimum atomic E-state index is -0.577. The molecular weight excluding hydrogens is 358 g/mol. The lowest BCUT2D eigenvalue weighted by Gasteiger charge is -2.19. The van der Waals surface area contributed by atoms with E-state index in [-0.39, 0.29) is 12.5 Å². The standard InChI is InChI=1S/C22H29NO5/c1-7-18(28-17-11-14(2)10-15(3)12-17)22(24)23-13-16-8-9-19(25-4)21(27-6)20(16)26-5/h8-12,18H,7,13H2,1-6H3,(H,23,24)/t18-/m0/s1. The van der Waals surface area contributed by atoms with Crippen LogP contribution in [0.3, 0.4) is 0 Å². The molecule has 1 amide bonds. The predicted octanol–water partition coefficient (Wildman–Crippen LogP) is 3.80. The van der Waals surface area contributed by atoms with Crippen LogP contribution in [0.5, 0.6) is 23.0 Å². The lowest BCUT2D eigenvalue weighted by molar-refractivity contribution is -0.128. The van der Waals surface area contributed by atoms with Crippen LogP contribution in [0.15, 0.2) is 30.3 Å². The molecule has 0 heterocycles. The van der Waals surface area contributed by atoms with Crippen LogP contribution in [0.4, 0.5) is 0 Å². The molecule has 1 N–H and O–H groups in total. The van der Waals surface area contributed by atoms with Gasteiger partial charge in [-0.05, 0) is 55.7 Å². The Bertz CT molecular complexity index is 799. The quantitative estimate of drug-likeness (QED) is 0.709. The third-order valence-corrected chi connectivity index (χ3v) is 4.38. The lowest BCUT2D eigenvalue weighted by atomic mass is 10.1. The van der Waals surface area contributed by atoms with Crippen molar-refractivity contribution < 1.29 is 23.7 Å². The molecule has 0 saturated heterocycles. The summed E-state index contributed by atoms with van der Waals surface area (Å²) in [5, 5.41) is 2.92. The average molecular weight is 387 g/mol. The highest BCUT2D eigenvalue weighted by Crippen LogP contribution is 2.39. The van der Waals surface area contributed by atoms with Gasteiger partial charge in [-0.2, -0.15) is 0 Å². The number of hydrogen-bond donors (Lipinski definition) is 1. The number of amides is 1. The Labute approximate surface area is 166 Å². The number of benzene rings is 2. The smallest absolute Gasteiger partial charge is 0.261 e. The molecule has 2 aromatic rings. The van der Waals surface area contributed by atoms with Crippen LogP contribution in [0.2, 0.25) is 0 Å². The van der Waals surface area contributed by atoms with E-state index < -0.39 is 6.10 Å². The second kappa shape index (κ2) is 9.88. The minimum Gasteiger partial charge on any atom is -0.493 e. The van der Waals surface area contributed by atoms with E-state index in [1.54, 1.807) is 27.4 Å². The summed E-state index contributed by atoms with van der Waals surface area (Å²) in [4.78, 5) is 12.7. The molecular formula is C22H29NO5. The van der Waals surface area contributed by atoms with E-state index >= 15 is 0 Å². The number of hydrogen-bond acceptors (Lipinski definition) is 5. The van der Waals surface area contributed by atoms with Gasteiger partial charge in [-0.3, -0.25) is 4.79 Å². The topological polar surface area (TPSA) is 66.0 Å². The molecule has 0 saturated carbocycles. The van der Waals surface area contributed by atoms with Crippen molar-refractivity contribution >= 4 is 5.91 Å². The zero-order chi connectivity index (χ0) is 20.7. The number of carbonyl (C=O) groups excluding carboxylic acids is 1. The van der Waals surface area contributed by atoms with E-state index in [0.29, 0.717) is 29.4 Å². The SMILES string of the molecule is CC[C@H](Oc1cc(C)cc(C)c1)C(=O)NCc1ccc(OC)c(OC)c1OC. The summed E-state index contributed by atoms with van der Waals surface area (Å²) in [7, 11) is 4.67. The molecule has 0 aliphatic rings. The van der Waals surface area contributed by atoms with Crippen molar-refractivity contribution in [1.29, 1.82) is 0 Å². The lowest BCUT2D eigenvalue weighted by Crippen LogP contribution is -2.37. The van der Waals surface area contributed by atoms with Gasteiger partial charge in [0, 0.05) is 12.1 Å². The molecule has 0 radical (unpaired) electrons. The van der Waals surface area contributed by atoms with Crippen molar-refractivity contribution in [2.75, 3.05) is 21.3 Å². The maximum Gasteiger partial charge on any atom is 0.261 e. The molecule has 28 heavy (non-hydrogen) atoms. The first-order valence-electron chi connectivity index (χ1n) is 9.23. The Morgan fingerprint density at radius 1 is 0.964 bits per heavy atom. The highest BCUT2D eigenvalue weighted by molar-refractivity contribution is 5.81. The Kier molecular flexibility index (Phi) is 7.55. The number of carbonyl (C=O) groups is 1. The largest absolute Gasteiger partial charge is 0.493 e. The fourth-order valence-corrected chi connectivity index (χ4v) is 3.09. The van der Waals surface area contributed by atoms with Crippen molar-refractivity contribution in [3.8, 4) is 23.0 Å². The van der Waals surface area contributed by atoms with E-state index in [1.807, 2.05) is 39.0 Å². The van der Waals surface area contributed by atoms with Gasteiger partial charge < -0.3 is 24.3 Å². The van der Waals surface area contributed by atoms with E-state index in [2.05, 4.69) is 11.4 Å². The van der Waals surface area contributed by atoms with Gasteiger partial charge >= 0.3 is 0 Å². The van der Waals surface area contributed by atoms with Crippen LogP contribution in [0.25, 0.3) is 0 Å². The molecule has 2 aromatic carbocycles. The highest BCUT2D eigenvalue weighted by atomic mass is 16.5. The molecule has 152 valence electrons. The summed E-state index contributed by atoms with van der Waals surface area (Å²) in [6.45, 7) is 6.22. The summed E-state index contributed by atoms with van der Waals surface area (Å²) in [5.74, 6) is 2.11. The average Bonchev–Trinajstić information content (AvgIpc) is 2.68. The third kappa shape index (κ3) is 5.09. The Balaban J connectivity index is 2.11. The molecule has 6 nitrogen and oxygen atoms in total. The van der Waals surface area contributed by atoms with Gasteiger partial charge in [-0.15, -0.1) is 0 Å². The van der Waals surface area contributed by atoms with Crippen LogP contribution in [-0.2, 0) is 11.3 Å². The van der Waals surface area contributed by atoms with Gasteiger partial charge in [-0.25, -0.2) is 0 Å². The zero-order valence-corrected chi connectivity index (χ0v) is 17.4. The Morgan fingerprint density at radius 2 is 1.61 bits per heavy atom. The first-order chi connectivity index (χ1) is 13.4. The molecule has 0 bridgehead atoms. The van der Waals surface area contributed by atoms with Crippen LogP contribution in [0, 0.1) is 13.8 Å². The van der Waals surface area contributed by atoms with Gasteiger partial charge in [0.25, 0.3) is 5.91 Å². The molecule has 1 atom stereocenters. The van der Waals surface area contributed by atoms with Gasteiger partial charge in [-0.1, -0.05) is 13.0 Å². The Hall–Kier alpha value is -2.89. The van der Waals surface area contributed by atoms with E-state index in [0.717, 1.165) is 16.7 Å². The van der Waals surface area contributed by atoms with Gasteiger partial charge in [0.15, 0.2) is 17.6 Å². The van der Waals surface area contributed by atoms with Crippen molar-refractivity contribution in [2.24, 2.45) is 0 Å². The first kappa shape index (κ1) is 21.4. The van der Waals surface area contributed by atoms with E-state index in [4.69, 9.17) is 18.9 Å². The number of aryl methyl sites for hydroxylation is 2. The van der Waals surface area contributed by atoms with Crippen LogP contribution in [0.1, 0.15) is 30.0 Å². The first-order valence-corrected chi connectivity index (χ1v) is 9.23. The van der Waals surface area contributed by atoms with Crippen LogP contribution >= 0.6 is 0 Å². The molecule has 0 fully saturated rings. The molecule has 0 spiro atoms. The summed E-state index contributed by atoms with van der Waals surface area (Å²) < 4.78 is 22.1. The summed E-state index contributed by atoms with van der Waals surface area (Å²) in [6, 6.07) is 9.55. The number of rotatable bonds is 9. The molecule has 0 unspecified atom stereocenters.